The fraction of sp³-hybridized carbons (Fsp3) is 0.280. The number of aliphatic hydroxyl groups is 1. The lowest BCUT2D eigenvalue weighted by molar-refractivity contribution is -0.132. The molecule has 1 aliphatic rings. The lowest BCUT2D eigenvalue weighted by Gasteiger charge is -2.24. The summed E-state index contributed by atoms with van der Waals surface area (Å²) in [5.41, 5.74) is 2.19. The minimum atomic E-state index is -0.825. The molecule has 0 saturated carbocycles. The molecule has 2 aromatic carbocycles. The summed E-state index contributed by atoms with van der Waals surface area (Å²) in [6.45, 7) is 8.12. The van der Waals surface area contributed by atoms with E-state index < -0.39 is 17.7 Å². The van der Waals surface area contributed by atoms with Crippen LogP contribution in [-0.4, -0.2) is 34.1 Å². The van der Waals surface area contributed by atoms with Gasteiger partial charge in [-0.2, -0.15) is 0 Å². The van der Waals surface area contributed by atoms with E-state index in [1.54, 1.807) is 38.3 Å². The van der Waals surface area contributed by atoms with Crippen LogP contribution in [0.15, 0.2) is 54.1 Å². The summed E-state index contributed by atoms with van der Waals surface area (Å²) in [5, 5.41) is 20.3. The van der Waals surface area contributed by atoms with Gasteiger partial charge in [-0.15, -0.1) is 10.2 Å². The monoisotopic (exact) mass is 463 g/mol. The molecule has 0 spiro atoms. The quantitative estimate of drug-likeness (QED) is 0.340. The van der Waals surface area contributed by atoms with Gasteiger partial charge >= 0.3 is 5.91 Å². The van der Waals surface area contributed by atoms with Crippen LogP contribution < -0.4 is 9.64 Å². The summed E-state index contributed by atoms with van der Waals surface area (Å²) >= 11 is 1.22. The van der Waals surface area contributed by atoms with Crippen LogP contribution in [0.4, 0.5) is 5.13 Å². The van der Waals surface area contributed by atoms with Crippen LogP contribution >= 0.6 is 11.3 Å². The standard InChI is InChI=1S/C25H25N3O4S/c1-14-26-27-24(33-14)28-20(15-6-10-17(11-7-15)25(2,3)4)19(22(30)23(28)31)21(29)16-8-12-18(32-5)13-9-16/h6-13,20,29H,1-5H3. The predicted octanol–water partition coefficient (Wildman–Crippen LogP) is 4.78. The zero-order valence-electron chi connectivity index (χ0n) is 19.1. The third kappa shape index (κ3) is 4.14. The van der Waals surface area contributed by atoms with Crippen LogP contribution in [0.1, 0.15) is 48.5 Å². The third-order valence-corrected chi connectivity index (χ3v) is 6.46. The number of Topliss-reactive ketones (excluding diaryl/α,β-unsaturated/α-hetero) is 1. The summed E-state index contributed by atoms with van der Waals surface area (Å²) in [6.07, 6.45) is 0. The number of amides is 1. The molecule has 8 heteroatoms. The maximum absolute atomic E-state index is 13.2. The second-order valence-electron chi connectivity index (χ2n) is 8.87. The van der Waals surface area contributed by atoms with Crippen molar-refractivity contribution in [2.24, 2.45) is 0 Å². The molecule has 1 amide bonds. The average Bonchev–Trinajstić information content (AvgIpc) is 3.33. The first kappa shape index (κ1) is 22.7. The average molecular weight is 464 g/mol. The van der Waals surface area contributed by atoms with E-state index in [2.05, 4.69) is 31.0 Å². The lowest BCUT2D eigenvalue weighted by atomic mass is 9.85. The number of hydrogen-bond acceptors (Lipinski definition) is 7. The molecule has 1 fully saturated rings. The SMILES string of the molecule is COc1ccc(C(O)=C2C(=O)C(=O)N(c3nnc(C)s3)C2c2ccc(C(C)(C)C)cc2)cc1. The van der Waals surface area contributed by atoms with E-state index in [1.165, 1.54) is 16.2 Å². The summed E-state index contributed by atoms with van der Waals surface area (Å²) in [5.74, 6) is -1.14. The van der Waals surface area contributed by atoms with Gasteiger partial charge in [-0.1, -0.05) is 56.4 Å². The highest BCUT2D eigenvalue weighted by Gasteiger charge is 2.48. The number of nitrogens with zero attached hydrogens (tertiary/aromatic N) is 3. The fourth-order valence-electron chi connectivity index (χ4n) is 3.80. The van der Waals surface area contributed by atoms with E-state index in [9.17, 15) is 14.7 Å². The second kappa shape index (κ2) is 8.44. The normalized spacial score (nSPS) is 18.1. The van der Waals surface area contributed by atoms with Crippen LogP contribution in [0.3, 0.4) is 0 Å². The molecule has 1 aliphatic heterocycles. The van der Waals surface area contributed by atoms with Crippen molar-refractivity contribution in [1.29, 1.82) is 0 Å². The summed E-state index contributed by atoms with van der Waals surface area (Å²) in [7, 11) is 1.55. The molecule has 1 saturated heterocycles. The summed E-state index contributed by atoms with van der Waals surface area (Å²) in [4.78, 5) is 27.6. The summed E-state index contributed by atoms with van der Waals surface area (Å²) in [6, 6.07) is 13.6. The molecule has 3 aromatic rings. The van der Waals surface area contributed by atoms with E-state index in [4.69, 9.17) is 4.74 Å². The molecule has 0 bridgehead atoms. The number of aromatic nitrogens is 2. The van der Waals surface area contributed by atoms with E-state index in [0.717, 1.165) is 5.56 Å². The van der Waals surface area contributed by atoms with Gasteiger partial charge in [0.05, 0.1) is 18.7 Å². The van der Waals surface area contributed by atoms with Gasteiger partial charge in [0.25, 0.3) is 5.78 Å². The van der Waals surface area contributed by atoms with Crippen molar-refractivity contribution in [3.63, 3.8) is 0 Å². The Morgan fingerprint density at radius 3 is 2.18 bits per heavy atom. The van der Waals surface area contributed by atoms with E-state index in [1.807, 2.05) is 24.3 Å². The van der Waals surface area contributed by atoms with Crippen molar-refractivity contribution in [2.45, 2.75) is 39.2 Å². The smallest absolute Gasteiger partial charge is 0.301 e. The largest absolute Gasteiger partial charge is 0.507 e. The predicted molar refractivity (Wildman–Crippen MR) is 128 cm³/mol. The van der Waals surface area contributed by atoms with Crippen LogP contribution in [0.25, 0.3) is 5.76 Å². The minimum Gasteiger partial charge on any atom is -0.507 e. The van der Waals surface area contributed by atoms with Crippen LogP contribution in [0.5, 0.6) is 5.75 Å². The topological polar surface area (TPSA) is 92.6 Å². The number of aliphatic hydroxyl groups excluding tert-OH is 1. The van der Waals surface area contributed by atoms with E-state index in [-0.39, 0.29) is 16.7 Å². The lowest BCUT2D eigenvalue weighted by Crippen LogP contribution is -2.29. The first-order chi connectivity index (χ1) is 15.6. The van der Waals surface area contributed by atoms with Gasteiger partial charge in [0.15, 0.2) is 0 Å². The molecule has 1 atom stereocenters. The van der Waals surface area contributed by atoms with Crippen molar-refractivity contribution in [3.05, 3.63) is 75.8 Å². The third-order valence-electron chi connectivity index (χ3n) is 5.62. The van der Waals surface area contributed by atoms with Gasteiger partial charge < -0.3 is 9.84 Å². The van der Waals surface area contributed by atoms with Crippen molar-refractivity contribution >= 4 is 33.9 Å². The summed E-state index contributed by atoms with van der Waals surface area (Å²) < 4.78 is 5.18. The molecule has 1 N–H and O–H groups in total. The molecular formula is C25H25N3O4S. The highest BCUT2D eigenvalue weighted by Crippen LogP contribution is 2.43. The van der Waals surface area contributed by atoms with Gasteiger partial charge in [0.1, 0.15) is 16.5 Å². The van der Waals surface area contributed by atoms with Crippen molar-refractivity contribution in [3.8, 4) is 5.75 Å². The molecular weight excluding hydrogens is 438 g/mol. The molecule has 4 rings (SSSR count). The number of benzene rings is 2. The zero-order valence-corrected chi connectivity index (χ0v) is 19.9. The van der Waals surface area contributed by atoms with Crippen molar-refractivity contribution < 1.29 is 19.4 Å². The van der Waals surface area contributed by atoms with Gasteiger partial charge in [-0.05, 0) is 47.7 Å². The highest BCUT2D eigenvalue weighted by atomic mass is 32.1. The van der Waals surface area contributed by atoms with Gasteiger partial charge in [-0.25, -0.2) is 0 Å². The Bertz CT molecular complexity index is 1240. The van der Waals surface area contributed by atoms with Crippen LogP contribution in [0, 0.1) is 6.92 Å². The Kier molecular flexibility index (Phi) is 5.80. The number of anilines is 1. The highest BCUT2D eigenvalue weighted by molar-refractivity contribution is 7.15. The first-order valence-corrected chi connectivity index (χ1v) is 11.3. The second-order valence-corrected chi connectivity index (χ2v) is 10.0. The number of methoxy groups -OCH3 is 1. The fourth-order valence-corrected chi connectivity index (χ4v) is 4.51. The number of ether oxygens (including phenoxy) is 1. The van der Waals surface area contributed by atoms with Crippen LogP contribution in [-0.2, 0) is 15.0 Å². The van der Waals surface area contributed by atoms with Crippen molar-refractivity contribution in [2.75, 3.05) is 12.0 Å². The van der Waals surface area contributed by atoms with Gasteiger partial charge in [-0.3, -0.25) is 14.5 Å². The molecule has 0 aliphatic carbocycles. The first-order valence-electron chi connectivity index (χ1n) is 10.5. The van der Waals surface area contributed by atoms with Gasteiger partial charge in [0, 0.05) is 5.56 Å². The number of aryl methyl sites for hydroxylation is 1. The number of rotatable bonds is 4. The Morgan fingerprint density at radius 1 is 1.03 bits per heavy atom. The molecule has 170 valence electrons. The minimum absolute atomic E-state index is 0.0153. The molecule has 33 heavy (non-hydrogen) atoms. The number of ketones is 1. The Morgan fingerprint density at radius 2 is 1.67 bits per heavy atom. The zero-order chi connectivity index (χ0) is 23.9. The molecule has 0 radical (unpaired) electrons. The molecule has 7 nitrogen and oxygen atoms in total. The molecule has 1 aromatic heterocycles. The van der Waals surface area contributed by atoms with Crippen LogP contribution in [0.2, 0.25) is 0 Å². The van der Waals surface area contributed by atoms with E-state index >= 15 is 0 Å². The number of carbonyl (C=O) groups excluding carboxylic acids is 2. The molecule has 2 heterocycles. The van der Waals surface area contributed by atoms with Gasteiger partial charge in [0.2, 0.25) is 5.13 Å². The maximum atomic E-state index is 13.2. The van der Waals surface area contributed by atoms with E-state index in [0.29, 0.717) is 27.0 Å². The van der Waals surface area contributed by atoms with Crippen molar-refractivity contribution in [1.82, 2.24) is 10.2 Å². The Balaban J connectivity index is 1.89. The maximum Gasteiger partial charge on any atom is 0.301 e. The Hall–Kier alpha value is -3.52. The Labute approximate surface area is 196 Å². The number of hydrogen-bond donors (Lipinski definition) is 1. The molecule has 1 unspecified atom stereocenters. The number of carbonyl (C=O) groups is 2.